The topological polar surface area (TPSA) is 84.7 Å². The molecule has 0 aromatic carbocycles. The summed E-state index contributed by atoms with van der Waals surface area (Å²) in [6.07, 6.45) is 6.06. The average Bonchev–Trinajstić information content (AvgIpc) is 2.26. The molecule has 1 N–H and O–H groups in total. The van der Waals surface area contributed by atoms with E-state index in [1.807, 2.05) is 19.9 Å². The lowest BCUT2D eigenvalue weighted by Crippen LogP contribution is -2.15. The van der Waals surface area contributed by atoms with Gasteiger partial charge in [0.2, 0.25) is 0 Å². The average molecular weight is 250 g/mol. The number of hydrogen-bond acceptors (Lipinski definition) is 5. The van der Waals surface area contributed by atoms with Gasteiger partial charge < -0.3 is 9.87 Å². The van der Waals surface area contributed by atoms with E-state index in [0.29, 0.717) is 11.4 Å². The lowest BCUT2D eigenvalue weighted by molar-refractivity contribution is 0.592. The minimum atomic E-state index is -1.22. The third-order valence-corrected chi connectivity index (χ3v) is 2.53. The molecule has 0 radical (unpaired) electrons. The molecule has 0 saturated heterocycles. The summed E-state index contributed by atoms with van der Waals surface area (Å²) in [7, 11) is 0. The Kier molecular flexibility index (Phi) is 4.94. The minimum Gasteiger partial charge on any atom is -0.609 e. The van der Waals surface area contributed by atoms with Crippen molar-refractivity contribution in [2.75, 3.05) is 11.6 Å². The molecule has 17 heavy (non-hydrogen) atoms. The zero-order valence-electron chi connectivity index (χ0n) is 9.97. The lowest BCUT2D eigenvalue weighted by atomic mass is 10.2. The maximum absolute atomic E-state index is 11.3. The Morgan fingerprint density at radius 3 is 2.82 bits per heavy atom. The number of allylic oxidation sites excluding steroid dienone is 1. The van der Waals surface area contributed by atoms with E-state index >= 15 is 0 Å². The maximum atomic E-state index is 11.3. The van der Waals surface area contributed by atoms with Crippen LogP contribution in [0.2, 0.25) is 0 Å². The van der Waals surface area contributed by atoms with Gasteiger partial charge in [-0.15, -0.1) is 0 Å². The first-order chi connectivity index (χ1) is 8.04. The van der Waals surface area contributed by atoms with E-state index in [9.17, 15) is 4.55 Å². The molecule has 1 unspecified atom stereocenters. The Hall–Kier alpha value is -1.58. The predicted molar refractivity (Wildman–Crippen MR) is 67.8 cm³/mol. The fraction of sp³-hybridized carbons (Fsp3) is 0.364. The number of hydrogen-bond donors (Lipinski definition) is 1. The number of anilines is 1. The van der Waals surface area contributed by atoms with Crippen molar-refractivity contribution < 1.29 is 4.55 Å². The first-order valence-corrected chi connectivity index (χ1v) is 6.63. The van der Waals surface area contributed by atoms with Crippen LogP contribution in [0.25, 0.3) is 6.08 Å². The second-order valence-corrected chi connectivity index (χ2v) is 4.95. The highest BCUT2D eigenvalue weighted by Crippen LogP contribution is 2.16. The zero-order chi connectivity index (χ0) is 12.8. The summed E-state index contributed by atoms with van der Waals surface area (Å²) < 4.78 is 11.3. The van der Waals surface area contributed by atoms with Gasteiger partial charge in [0, 0.05) is 35.1 Å². The fourth-order valence-corrected chi connectivity index (χ4v) is 1.57. The molecule has 1 rings (SSSR count). The molecule has 5 nitrogen and oxygen atoms in total. The Morgan fingerprint density at radius 2 is 2.29 bits per heavy atom. The van der Waals surface area contributed by atoms with Crippen LogP contribution in [0.15, 0.2) is 17.4 Å². The molecule has 6 heteroatoms. The minimum absolute atomic E-state index is 0.192. The molecule has 0 aliphatic heterocycles. The third kappa shape index (κ3) is 4.06. The Bertz CT molecular complexity index is 451. The quantitative estimate of drug-likeness (QED) is 0.498. The van der Waals surface area contributed by atoms with Gasteiger partial charge in [0.15, 0.2) is 0 Å². The van der Waals surface area contributed by atoms with Crippen molar-refractivity contribution in [3.05, 3.63) is 17.8 Å². The number of aromatic nitrogens is 2. The van der Waals surface area contributed by atoms with Gasteiger partial charge in [0.1, 0.15) is 12.1 Å². The summed E-state index contributed by atoms with van der Waals surface area (Å²) >= 11 is -1.22. The van der Waals surface area contributed by atoms with Gasteiger partial charge in [-0.05, 0) is 19.9 Å². The molecule has 0 amide bonds. The largest absolute Gasteiger partial charge is 0.609 e. The molecule has 1 aromatic heterocycles. The molecule has 1 atom stereocenters. The van der Waals surface area contributed by atoms with Gasteiger partial charge in [-0.2, -0.15) is 15.2 Å². The van der Waals surface area contributed by atoms with Crippen molar-refractivity contribution >= 4 is 23.1 Å². The SMILES string of the molecule is CC(C)Nc1nc([S+](C)[O-])ncc1C=CC#N. The summed E-state index contributed by atoms with van der Waals surface area (Å²) in [6.45, 7) is 3.95. The highest BCUT2D eigenvalue weighted by Gasteiger charge is 2.12. The lowest BCUT2D eigenvalue weighted by Gasteiger charge is -2.12. The van der Waals surface area contributed by atoms with Crippen LogP contribution >= 0.6 is 0 Å². The van der Waals surface area contributed by atoms with Crippen LogP contribution in [-0.2, 0) is 11.2 Å². The van der Waals surface area contributed by atoms with Crippen LogP contribution in [0.4, 0.5) is 5.82 Å². The molecule has 0 bridgehead atoms. The van der Waals surface area contributed by atoms with Crippen molar-refractivity contribution in [1.29, 1.82) is 5.26 Å². The highest BCUT2D eigenvalue weighted by molar-refractivity contribution is 7.90. The Balaban J connectivity index is 3.12. The monoisotopic (exact) mass is 250 g/mol. The molecular formula is C11H14N4OS. The summed E-state index contributed by atoms with van der Waals surface area (Å²) in [4.78, 5) is 8.17. The third-order valence-electron chi connectivity index (χ3n) is 1.81. The number of nitrogens with zero attached hydrogens (tertiary/aromatic N) is 3. The van der Waals surface area contributed by atoms with E-state index in [4.69, 9.17) is 5.26 Å². The van der Waals surface area contributed by atoms with Crippen molar-refractivity contribution in [2.24, 2.45) is 0 Å². The van der Waals surface area contributed by atoms with E-state index in [1.165, 1.54) is 12.3 Å². The van der Waals surface area contributed by atoms with Gasteiger partial charge >= 0.3 is 5.16 Å². The molecule has 0 spiro atoms. The van der Waals surface area contributed by atoms with Gasteiger partial charge in [0.25, 0.3) is 0 Å². The number of nitrogens with one attached hydrogen (secondary N) is 1. The van der Waals surface area contributed by atoms with Crippen molar-refractivity contribution in [2.45, 2.75) is 25.0 Å². The fourth-order valence-electron chi connectivity index (χ4n) is 1.15. The normalized spacial score (nSPS) is 12.7. The van der Waals surface area contributed by atoms with Crippen molar-refractivity contribution in [1.82, 2.24) is 9.97 Å². The first-order valence-electron chi connectivity index (χ1n) is 5.07. The van der Waals surface area contributed by atoms with Gasteiger partial charge in [0.05, 0.1) is 6.07 Å². The van der Waals surface area contributed by atoms with Crippen LogP contribution in [0.5, 0.6) is 0 Å². The zero-order valence-corrected chi connectivity index (χ0v) is 10.8. The predicted octanol–water partition coefficient (Wildman–Crippen LogP) is 1.57. The van der Waals surface area contributed by atoms with Gasteiger partial charge in [-0.3, -0.25) is 0 Å². The van der Waals surface area contributed by atoms with Gasteiger partial charge in [-0.1, -0.05) is 0 Å². The second-order valence-electron chi connectivity index (χ2n) is 3.67. The first kappa shape index (κ1) is 13.5. The van der Waals surface area contributed by atoms with Crippen LogP contribution in [0.3, 0.4) is 0 Å². The summed E-state index contributed by atoms with van der Waals surface area (Å²) in [6, 6.07) is 2.10. The van der Waals surface area contributed by atoms with Crippen LogP contribution in [0.1, 0.15) is 19.4 Å². The summed E-state index contributed by atoms with van der Waals surface area (Å²) in [5.41, 5.74) is 0.703. The Morgan fingerprint density at radius 1 is 1.59 bits per heavy atom. The molecule has 0 aliphatic rings. The maximum Gasteiger partial charge on any atom is 0.344 e. The molecule has 0 fully saturated rings. The molecule has 1 heterocycles. The molecule has 1 aromatic rings. The van der Waals surface area contributed by atoms with E-state index in [0.717, 1.165) is 0 Å². The molecular weight excluding hydrogens is 236 g/mol. The van der Waals surface area contributed by atoms with E-state index in [1.54, 1.807) is 12.3 Å². The molecule has 90 valence electrons. The summed E-state index contributed by atoms with van der Waals surface area (Å²) in [5.74, 6) is 0.590. The Labute approximate surface area is 104 Å². The van der Waals surface area contributed by atoms with Crippen molar-refractivity contribution in [3.8, 4) is 6.07 Å². The van der Waals surface area contributed by atoms with Crippen LogP contribution in [-0.4, -0.2) is 26.8 Å². The van der Waals surface area contributed by atoms with Crippen LogP contribution < -0.4 is 5.32 Å². The smallest absolute Gasteiger partial charge is 0.344 e. The van der Waals surface area contributed by atoms with Gasteiger partial charge in [-0.25, -0.2) is 0 Å². The van der Waals surface area contributed by atoms with Crippen molar-refractivity contribution in [3.63, 3.8) is 0 Å². The van der Waals surface area contributed by atoms with Crippen LogP contribution in [0, 0.1) is 11.3 Å². The molecule has 0 saturated carbocycles. The second kappa shape index (κ2) is 6.23. The standard InChI is InChI=1S/C11H14N4OS/c1-8(2)14-10-9(5-4-6-12)7-13-11(15-10)17(3)16/h4-5,7-8H,1-3H3,(H,13,14,15). The summed E-state index contributed by atoms with van der Waals surface area (Å²) in [5, 5.41) is 11.9. The van der Waals surface area contributed by atoms with E-state index in [-0.39, 0.29) is 11.2 Å². The molecule has 0 aliphatic carbocycles. The number of nitriles is 1. The van der Waals surface area contributed by atoms with E-state index in [2.05, 4.69) is 15.3 Å². The van der Waals surface area contributed by atoms with E-state index < -0.39 is 11.2 Å². The number of rotatable bonds is 4. The highest BCUT2D eigenvalue weighted by atomic mass is 32.2.